The Bertz CT molecular complexity index is 958. The Balaban J connectivity index is 1.89. The average molecular weight is 379 g/mol. The molecular formula is C17H15F2N3O3S. The number of sulfonamides is 1. The number of halogens is 2. The molecule has 1 unspecified atom stereocenters. The highest BCUT2D eigenvalue weighted by Crippen LogP contribution is 2.30. The molecule has 0 fully saturated rings. The van der Waals surface area contributed by atoms with Crippen molar-refractivity contribution in [1.29, 1.82) is 0 Å². The maximum absolute atomic E-state index is 13.8. The molecule has 3 rings (SSSR count). The summed E-state index contributed by atoms with van der Waals surface area (Å²) in [6.07, 6.45) is 0.422. The van der Waals surface area contributed by atoms with Gasteiger partial charge >= 0.3 is 6.03 Å². The van der Waals surface area contributed by atoms with Crippen LogP contribution in [-0.2, 0) is 10.0 Å². The fourth-order valence-electron chi connectivity index (χ4n) is 2.73. The quantitative estimate of drug-likeness (QED) is 0.890. The van der Waals surface area contributed by atoms with Gasteiger partial charge < -0.3 is 0 Å². The molecule has 1 heterocycles. The van der Waals surface area contributed by atoms with E-state index in [1.165, 1.54) is 0 Å². The van der Waals surface area contributed by atoms with Crippen LogP contribution in [0, 0.1) is 11.6 Å². The number of carbonyl (C=O) groups is 1. The molecule has 2 amide bonds. The first kappa shape index (κ1) is 18.0. The van der Waals surface area contributed by atoms with Crippen molar-refractivity contribution in [3.63, 3.8) is 0 Å². The van der Waals surface area contributed by atoms with Gasteiger partial charge in [0.15, 0.2) is 4.90 Å². The van der Waals surface area contributed by atoms with Gasteiger partial charge in [0.1, 0.15) is 11.6 Å². The van der Waals surface area contributed by atoms with Gasteiger partial charge in [-0.3, -0.25) is 0 Å². The van der Waals surface area contributed by atoms with Crippen molar-refractivity contribution in [1.82, 2.24) is 9.73 Å². The normalized spacial score (nSPS) is 17.1. The summed E-state index contributed by atoms with van der Waals surface area (Å²) in [5, 5.41) is 5.03. The summed E-state index contributed by atoms with van der Waals surface area (Å²) in [5.41, 5.74) is 1.39. The molecule has 1 aliphatic heterocycles. The van der Waals surface area contributed by atoms with Crippen LogP contribution in [0.25, 0.3) is 0 Å². The molecule has 26 heavy (non-hydrogen) atoms. The van der Waals surface area contributed by atoms with Crippen LogP contribution in [0.15, 0.2) is 58.5 Å². The number of hydrazone groups is 1. The molecule has 1 aliphatic rings. The van der Waals surface area contributed by atoms with Crippen LogP contribution in [0.2, 0.25) is 0 Å². The van der Waals surface area contributed by atoms with Crippen molar-refractivity contribution in [3.8, 4) is 0 Å². The van der Waals surface area contributed by atoms with Crippen molar-refractivity contribution >= 4 is 21.8 Å². The van der Waals surface area contributed by atoms with Crippen molar-refractivity contribution in [2.45, 2.75) is 24.3 Å². The van der Waals surface area contributed by atoms with E-state index >= 15 is 0 Å². The van der Waals surface area contributed by atoms with Gasteiger partial charge in [-0.05, 0) is 24.6 Å². The SMILES string of the molecule is CC1=NN(C(=O)NS(=O)(=O)c2c(F)cccc2F)C(c2ccccc2)C1. The van der Waals surface area contributed by atoms with Gasteiger partial charge in [-0.2, -0.15) is 5.10 Å². The van der Waals surface area contributed by atoms with Gasteiger partial charge in [0.05, 0.1) is 6.04 Å². The predicted molar refractivity (Wildman–Crippen MR) is 90.8 cm³/mol. The molecule has 0 bridgehead atoms. The summed E-state index contributed by atoms with van der Waals surface area (Å²) in [6.45, 7) is 1.70. The standard InChI is InChI=1S/C17H15F2N3O3S/c1-11-10-15(12-6-3-2-4-7-12)22(20-11)17(23)21-26(24,25)16-13(18)8-5-9-14(16)19/h2-9,15H,10H2,1H3,(H,21,23). The van der Waals surface area contributed by atoms with Gasteiger partial charge in [-0.25, -0.2) is 31.7 Å². The Morgan fingerprint density at radius 1 is 1.12 bits per heavy atom. The minimum Gasteiger partial charge on any atom is -0.245 e. The van der Waals surface area contributed by atoms with Crippen molar-refractivity contribution in [3.05, 3.63) is 65.7 Å². The van der Waals surface area contributed by atoms with Gasteiger partial charge in [-0.1, -0.05) is 36.4 Å². The molecule has 9 heteroatoms. The second kappa shape index (κ2) is 6.83. The predicted octanol–water partition coefficient (Wildman–Crippen LogP) is 3.19. The molecule has 0 spiro atoms. The number of urea groups is 1. The summed E-state index contributed by atoms with van der Waals surface area (Å²) < 4.78 is 53.8. The molecular weight excluding hydrogens is 364 g/mol. The zero-order valence-electron chi connectivity index (χ0n) is 13.7. The maximum Gasteiger partial charge on any atom is 0.352 e. The molecule has 1 N–H and O–H groups in total. The number of hydrogen-bond acceptors (Lipinski definition) is 4. The molecule has 0 radical (unpaired) electrons. The molecule has 136 valence electrons. The topological polar surface area (TPSA) is 78.8 Å². The number of nitrogens with zero attached hydrogens (tertiary/aromatic N) is 2. The van der Waals surface area contributed by atoms with E-state index in [1.807, 2.05) is 6.07 Å². The minimum absolute atomic E-state index is 0.422. The Morgan fingerprint density at radius 2 is 1.73 bits per heavy atom. The highest BCUT2D eigenvalue weighted by molar-refractivity contribution is 7.90. The third-order valence-electron chi connectivity index (χ3n) is 3.86. The number of carbonyl (C=O) groups excluding carboxylic acids is 1. The van der Waals surface area contributed by atoms with E-state index in [9.17, 15) is 22.0 Å². The lowest BCUT2D eigenvalue weighted by molar-refractivity contribution is 0.192. The van der Waals surface area contributed by atoms with Crippen LogP contribution in [0.1, 0.15) is 24.9 Å². The Kier molecular flexibility index (Phi) is 4.73. The lowest BCUT2D eigenvalue weighted by Crippen LogP contribution is -2.41. The van der Waals surface area contributed by atoms with E-state index in [0.29, 0.717) is 12.1 Å². The molecule has 0 aliphatic carbocycles. The van der Waals surface area contributed by atoms with Crippen molar-refractivity contribution in [2.75, 3.05) is 0 Å². The Hall–Kier alpha value is -2.81. The van der Waals surface area contributed by atoms with Crippen LogP contribution < -0.4 is 4.72 Å². The first-order chi connectivity index (χ1) is 12.3. The van der Waals surface area contributed by atoms with Crippen LogP contribution in [0.4, 0.5) is 13.6 Å². The van der Waals surface area contributed by atoms with Gasteiger partial charge in [-0.15, -0.1) is 0 Å². The lowest BCUT2D eigenvalue weighted by Gasteiger charge is -2.22. The van der Waals surface area contributed by atoms with E-state index in [1.54, 1.807) is 35.9 Å². The molecule has 2 aromatic carbocycles. The number of nitrogens with one attached hydrogen (secondary N) is 1. The summed E-state index contributed by atoms with van der Waals surface area (Å²) >= 11 is 0. The molecule has 6 nitrogen and oxygen atoms in total. The first-order valence-corrected chi connectivity index (χ1v) is 9.17. The van der Waals surface area contributed by atoms with Gasteiger partial charge in [0, 0.05) is 12.1 Å². The maximum atomic E-state index is 13.8. The van der Waals surface area contributed by atoms with Crippen molar-refractivity contribution < 1.29 is 22.0 Å². The number of benzene rings is 2. The van der Waals surface area contributed by atoms with Crippen LogP contribution in [-0.4, -0.2) is 25.2 Å². The fraction of sp³-hybridized carbons (Fsp3) is 0.176. The van der Waals surface area contributed by atoms with Gasteiger partial charge in [0.25, 0.3) is 10.0 Å². The first-order valence-electron chi connectivity index (χ1n) is 7.68. The third kappa shape index (κ3) is 3.43. The summed E-state index contributed by atoms with van der Waals surface area (Å²) in [5.74, 6) is -2.57. The lowest BCUT2D eigenvalue weighted by atomic mass is 10.0. The zero-order valence-corrected chi connectivity index (χ0v) is 14.5. The highest BCUT2D eigenvalue weighted by atomic mass is 32.2. The van der Waals surface area contributed by atoms with Gasteiger partial charge in [0.2, 0.25) is 0 Å². The van der Waals surface area contributed by atoms with E-state index < -0.39 is 38.6 Å². The van der Waals surface area contributed by atoms with E-state index in [0.717, 1.165) is 28.8 Å². The van der Waals surface area contributed by atoms with Crippen LogP contribution in [0.3, 0.4) is 0 Å². The molecule has 2 aromatic rings. The summed E-state index contributed by atoms with van der Waals surface area (Å²) in [4.78, 5) is 11.3. The largest absolute Gasteiger partial charge is 0.352 e. The van der Waals surface area contributed by atoms with E-state index in [2.05, 4.69) is 5.10 Å². The molecule has 1 atom stereocenters. The smallest absolute Gasteiger partial charge is 0.245 e. The molecule has 0 saturated carbocycles. The zero-order chi connectivity index (χ0) is 18.9. The Labute approximate surface area is 149 Å². The third-order valence-corrected chi connectivity index (χ3v) is 5.24. The number of hydrogen-bond donors (Lipinski definition) is 1. The van der Waals surface area contributed by atoms with E-state index in [4.69, 9.17) is 0 Å². The summed E-state index contributed by atoms with van der Waals surface area (Å²) in [7, 11) is -4.74. The highest BCUT2D eigenvalue weighted by Gasteiger charge is 2.34. The second-order valence-corrected chi connectivity index (χ2v) is 7.39. The molecule has 0 saturated heterocycles. The summed E-state index contributed by atoms with van der Waals surface area (Å²) in [6, 6.07) is 9.98. The van der Waals surface area contributed by atoms with Crippen LogP contribution >= 0.6 is 0 Å². The van der Waals surface area contributed by atoms with Crippen molar-refractivity contribution in [2.24, 2.45) is 5.10 Å². The minimum atomic E-state index is -4.74. The average Bonchev–Trinajstić information content (AvgIpc) is 2.97. The monoisotopic (exact) mass is 379 g/mol. The second-order valence-electron chi connectivity index (χ2n) is 5.77. The molecule has 0 aromatic heterocycles. The van der Waals surface area contributed by atoms with E-state index in [-0.39, 0.29) is 0 Å². The fourth-order valence-corrected chi connectivity index (χ4v) is 3.81. The Morgan fingerprint density at radius 3 is 2.35 bits per heavy atom. The number of amides is 2. The number of rotatable bonds is 3. The van der Waals surface area contributed by atoms with Crippen LogP contribution in [0.5, 0.6) is 0 Å².